The van der Waals surface area contributed by atoms with Gasteiger partial charge >= 0.3 is 0 Å². The van der Waals surface area contributed by atoms with E-state index < -0.39 is 10.7 Å². The van der Waals surface area contributed by atoms with Crippen LogP contribution in [0.2, 0.25) is 0 Å². The van der Waals surface area contributed by atoms with Crippen LogP contribution in [0.5, 0.6) is 0 Å². The molecular weight excluding hydrogens is 246 g/mol. The lowest BCUT2D eigenvalue weighted by atomic mass is 10.0. The van der Waals surface area contributed by atoms with Gasteiger partial charge in [0.1, 0.15) is 5.56 Å². The topological polar surface area (TPSA) is 80.4 Å². The highest BCUT2D eigenvalue weighted by Gasteiger charge is 2.21. The van der Waals surface area contributed by atoms with Gasteiger partial charge in [-0.2, -0.15) is 0 Å². The third kappa shape index (κ3) is 2.66. The molecule has 0 saturated heterocycles. The lowest BCUT2D eigenvalue weighted by Gasteiger charge is -2.04. The van der Waals surface area contributed by atoms with E-state index in [2.05, 4.69) is 0 Å². The van der Waals surface area contributed by atoms with Crippen molar-refractivity contribution in [2.45, 2.75) is 6.61 Å². The molecule has 0 saturated carbocycles. The van der Waals surface area contributed by atoms with Gasteiger partial charge in [0.25, 0.3) is 5.69 Å². The van der Waals surface area contributed by atoms with Crippen LogP contribution < -0.4 is 0 Å². The number of nitro groups is 1. The molecule has 96 valence electrons. The Balaban J connectivity index is 2.50. The number of carbonyl (C=O) groups excluding carboxylic acids is 1. The minimum absolute atomic E-state index is 0.0217. The summed E-state index contributed by atoms with van der Waals surface area (Å²) < 4.78 is 0. The Bertz CT molecular complexity index is 623. The fourth-order valence-electron chi connectivity index (χ4n) is 1.76. The van der Waals surface area contributed by atoms with Crippen molar-refractivity contribution in [3.8, 4) is 0 Å². The molecule has 2 rings (SSSR count). The van der Waals surface area contributed by atoms with Crippen LogP contribution in [0.3, 0.4) is 0 Å². The molecule has 0 bridgehead atoms. The second-order valence-electron chi connectivity index (χ2n) is 3.96. The molecule has 0 radical (unpaired) electrons. The van der Waals surface area contributed by atoms with Crippen LogP contribution in [0.15, 0.2) is 48.5 Å². The van der Waals surface area contributed by atoms with Gasteiger partial charge in [-0.3, -0.25) is 14.9 Å². The molecule has 2 aromatic rings. The molecule has 2 aromatic carbocycles. The molecular formula is C14H11NO4. The lowest BCUT2D eigenvalue weighted by molar-refractivity contribution is -0.385. The molecule has 0 unspecified atom stereocenters. The van der Waals surface area contributed by atoms with E-state index in [9.17, 15) is 14.9 Å². The van der Waals surface area contributed by atoms with E-state index in [0.29, 0.717) is 11.1 Å². The number of carbonyl (C=O) groups is 1. The van der Waals surface area contributed by atoms with Gasteiger partial charge < -0.3 is 5.11 Å². The smallest absolute Gasteiger partial charge is 0.280 e. The standard InChI is InChI=1S/C14H11NO4/c16-9-10-6-7-12(13(8-10)15(18)19)14(17)11-4-2-1-3-5-11/h1-8,16H,9H2. The highest BCUT2D eigenvalue weighted by Crippen LogP contribution is 2.23. The largest absolute Gasteiger partial charge is 0.392 e. The summed E-state index contributed by atoms with van der Waals surface area (Å²) in [5.41, 5.74) is 0.521. The van der Waals surface area contributed by atoms with Gasteiger partial charge in [-0.05, 0) is 11.6 Å². The monoisotopic (exact) mass is 257 g/mol. The highest BCUT2D eigenvalue weighted by atomic mass is 16.6. The molecule has 0 fully saturated rings. The maximum atomic E-state index is 12.2. The van der Waals surface area contributed by atoms with Gasteiger partial charge in [0.05, 0.1) is 11.5 Å². The van der Waals surface area contributed by atoms with Gasteiger partial charge in [0.2, 0.25) is 0 Å². The molecule has 0 heterocycles. The molecule has 0 aliphatic carbocycles. The van der Waals surface area contributed by atoms with Crippen molar-refractivity contribution in [1.82, 2.24) is 0 Å². The van der Waals surface area contributed by atoms with Gasteiger partial charge in [-0.15, -0.1) is 0 Å². The first-order valence-corrected chi connectivity index (χ1v) is 5.61. The van der Waals surface area contributed by atoms with E-state index in [1.54, 1.807) is 30.3 Å². The number of nitro benzene ring substituents is 1. The zero-order chi connectivity index (χ0) is 13.8. The minimum Gasteiger partial charge on any atom is -0.392 e. The second kappa shape index (κ2) is 5.41. The Kier molecular flexibility index (Phi) is 3.68. The Morgan fingerprint density at radius 1 is 1.16 bits per heavy atom. The number of hydrogen-bond acceptors (Lipinski definition) is 4. The maximum Gasteiger partial charge on any atom is 0.280 e. The van der Waals surface area contributed by atoms with Gasteiger partial charge in [-0.1, -0.05) is 36.4 Å². The SMILES string of the molecule is O=C(c1ccccc1)c1ccc(CO)cc1[N+](=O)[O-]. The average molecular weight is 257 g/mol. The summed E-state index contributed by atoms with van der Waals surface area (Å²) in [6.07, 6.45) is 0. The fraction of sp³-hybridized carbons (Fsp3) is 0.0714. The predicted molar refractivity (Wildman–Crippen MR) is 68.9 cm³/mol. The number of rotatable bonds is 4. The summed E-state index contributed by atoms with van der Waals surface area (Å²) in [5.74, 6) is -0.406. The highest BCUT2D eigenvalue weighted by molar-refractivity contribution is 6.11. The second-order valence-corrected chi connectivity index (χ2v) is 3.96. The molecule has 0 aliphatic heterocycles. The molecule has 1 N–H and O–H groups in total. The van der Waals surface area contributed by atoms with Crippen LogP contribution in [-0.4, -0.2) is 15.8 Å². The van der Waals surface area contributed by atoms with E-state index in [-0.39, 0.29) is 17.9 Å². The summed E-state index contributed by atoms with van der Waals surface area (Å²) in [4.78, 5) is 22.6. The van der Waals surface area contributed by atoms with E-state index in [1.165, 1.54) is 18.2 Å². The lowest BCUT2D eigenvalue weighted by Crippen LogP contribution is -2.06. The summed E-state index contributed by atoms with van der Waals surface area (Å²) in [5, 5.41) is 20.0. The summed E-state index contributed by atoms with van der Waals surface area (Å²) in [7, 11) is 0. The van der Waals surface area contributed by atoms with Crippen molar-refractivity contribution in [1.29, 1.82) is 0 Å². The zero-order valence-corrected chi connectivity index (χ0v) is 9.95. The van der Waals surface area contributed by atoms with E-state index in [0.717, 1.165) is 0 Å². The molecule has 0 spiro atoms. The molecule has 0 atom stereocenters. The van der Waals surface area contributed by atoms with Crippen LogP contribution in [0.1, 0.15) is 21.5 Å². The number of ketones is 1. The average Bonchev–Trinajstić information content (AvgIpc) is 2.46. The minimum atomic E-state index is -0.616. The number of nitrogens with zero attached hydrogens (tertiary/aromatic N) is 1. The third-order valence-electron chi connectivity index (χ3n) is 2.72. The summed E-state index contributed by atoms with van der Waals surface area (Å²) in [6, 6.07) is 12.5. The molecule has 0 aliphatic rings. The normalized spacial score (nSPS) is 10.2. The number of benzene rings is 2. The molecule has 5 nitrogen and oxygen atoms in total. The molecule has 19 heavy (non-hydrogen) atoms. The van der Waals surface area contributed by atoms with E-state index in [4.69, 9.17) is 5.11 Å². The van der Waals surface area contributed by atoms with Crippen molar-refractivity contribution < 1.29 is 14.8 Å². The van der Waals surface area contributed by atoms with Crippen LogP contribution >= 0.6 is 0 Å². The van der Waals surface area contributed by atoms with Crippen molar-refractivity contribution in [2.75, 3.05) is 0 Å². The van der Waals surface area contributed by atoms with Gasteiger partial charge in [-0.25, -0.2) is 0 Å². The first-order valence-electron chi connectivity index (χ1n) is 5.61. The van der Waals surface area contributed by atoms with Crippen LogP contribution in [-0.2, 0) is 6.61 Å². The van der Waals surface area contributed by atoms with E-state index in [1.807, 2.05) is 0 Å². The maximum absolute atomic E-state index is 12.2. The van der Waals surface area contributed by atoms with Crippen molar-refractivity contribution in [3.05, 3.63) is 75.3 Å². The van der Waals surface area contributed by atoms with Crippen LogP contribution in [0.25, 0.3) is 0 Å². The zero-order valence-electron chi connectivity index (χ0n) is 9.95. The predicted octanol–water partition coefficient (Wildman–Crippen LogP) is 2.32. The van der Waals surface area contributed by atoms with Crippen molar-refractivity contribution >= 4 is 11.5 Å². The van der Waals surface area contributed by atoms with Crippen LogP contribution in [0, 0.1) is 10.1 Å². The first-order chi connectivity index (χ1) is 9.13. The number of aliphatic hydroxyl groups excluding tert-OH is 1. The Hall–Kier alpha value is -2.53. The number of aliphatic hydroxyl groups is 1. The fourth-order valence-corrected chi connectivity index (χ4v) is 1.76. The Labute approximate surface area is 109 Å². The molecule has 0 amide bonds. The Morgan fingerprint density at radius 3 is 2.42 bits per heavy atom. The van der Waals surface area contributed by atoms with Crippen molar-refractivity contribution in [2.24, 2.45) is 0 Å². The summed E-state index contributed by atoms with van der Waals surface area (Å²) in [6.45, 7) is -0.305. The Morgan fingerprint density at radius 2 is 1.84 bits per heavy atom. The van der Waals surface area contributed by atoms with Gasteiger partial charge in [0, 0.05) is 11.6 Å². The van der Waals surface area contributed by atoms with Crippen LogP contribution in [0.4, 0.5) is 5.69 Å². The summed E-state index contributed by atoms with van der Waals surface area (Å²) >= 11 is 0. The quantitative estimate of drug-likeness (QED) is 0.517. The molecule has 0 aromatic heterocycles. The van der Waals surface area contributed by atoms with Gasteiger partial charge in [0.15, 0.2) is 5.78 Å². The third-order valence-corrected chi connectivity index (χ3v) is 2.72. The number of hydrogen-bond donors (Lipinski definition) is 1. The molecule has 5 heteroatoms. The first kappa shape index (κ1) is 12.9. The van der Waals surface area contributed by atoms with Crippen molar-refractivity contribution in [3.63, 3.8) is 0 Å². The van der Waals surface area contributed by atoms with E-state index >= 15 is 0 Å².